The van der Waals surface area contributed by atoms with Gasteiger partial charge in [-0.25, -0.2) is 22.5 Å². The summed E-state index contributed by atoms with van der Waals surface area (Å²) in [6.45, 7) is 10.2. The van der Waals surface area contributed by atoms with E-state index >= 15 is 4.39 Å². The lowest BCUT2D eigenvalue weighted by molar-refractivity contribution is -0.386. The standard InChI is InChI=1S/C58H66ClFN8O9S/c1-35(2)44-7-5-6-8-45(44)50-33-65(32-36-9-11-38(59)12-10-36)21-22-66(50)42-28-58(29-42)26-40-13-14-41(27-58)67(40)39-15-16-46(51(23-39)77-52-25-47-48(60)31-61-53(47)63-56(52)75-4)54(69)64-78(73,74)43-24-49(68(71)72)55(62-30-43)76-34-37-17-19-57(3,70)20-18-37/h5-12,15-16,23-25,30-31,35,37,40-42,50,70H,13-14,17-22,26-29,32-34H2,1-4H3,(H,61,63)(H,64,69)/t37?,40?,41?,42?,50-,57?,58?/m0/s1. The molecule has 1 amide bonds. The maximum atomic E-state index is 15.0. The number of nitro groups is 1. The summed E-state index contributed by atoms with van der Waals surface area (Å²) in [7, 11) is -3.40. The summed E-state index contributed by atoms with van der Waals surface area (Å²) in [6.07, 6.45) is 10.6. The molecule has 5 fully saturated rings. The van der Waals surface area contributed by atoms with Crippen molar-refractivity contribution in [3.63, 3.8) is 0 Å². The van der Waals surface area contributed by atoms with Crippen molar-refractivity contribution in [1.29, 1.82) is 0 Å². The summed E-state index contributed by atoms with van der Waals surface area (Å²) in [6, 6.07) is 25.4. The predicted molar refractivity (Wildman–Crippen MR) is 293 cm³/mol. The van der Waals surface area contributed by atoms with Crippen LogP contribution in [0.2, 0.25) is 5.02 Å². The molecule has 3 aliphatic heterocycles. The summed E-state index contributed by atoms with van der Waals surface area (Å²) in [5.41, 5.74) is 3.56. The maximum absolute atomic E-state index is 15.0. The molecule has 1 spiro atoms. The first kappa shape index (κ1) is 53.6. The van der Waals surface area contributed by atoms with E-state index in [0.29, 0.717) is 37.6 Å². The van der Waals surface area contributed by atoms with Crippen molar-refractivity contribution in [2.45, 2.75) is 132 Å². The van der Waals surface area contributed by atoms with Crippen LogP contribution in [0.1, 0.15) is 124 Å². The number of hydrogen-bond acceptors (Lipinski definition) is 14. The number of carbonyl (C=O) groups is 1. The summed E-state index contributed by atoms with van der Waals surface area (Å²) in [4.78, 5) is 44.1. The highest BCUT2D eigenvalue weighted by molar-refractivity contribution is 7.90. The lowest BCUT2D eigenvalue weighted by Gasteiger charge is -2.60. The molecule has 20 heteroatoms. The predicted octanol–water partition coefficient (Wildman–Crippen LogP) is 10.9. The van der Waals surface area contributed by atoms with E-state index in [1.165, 1.54) is 35.9 Å². The van der Waals surface area contributed by atoms with E-state index in [9.17, 15) is 28.4 Å². The van der Waals surface area contributed by atoms with E-state index in [4.69, 9.17) is 25.8 Å². The largest absolute Gasteiger partial charge is 0.478 e. The minimum absolute atomic E-state index is 0.0118. The van der Waals surface area contributed by atoms with E-state index in [1.807, 2.05) is 12.1 Å². The van der Waals surface area contributed by atoms with Crippen molar-refractivity contribution >= 4 is 49.9 Å². The smallest absolute Gasteiger partial charge is 0.332 e. The van der Waals surface area contributed by atoms with E-state index < -0.39 is 42.9 Å². The lowest BCUT2D eigenvalue weighted by atomic mass is 9.58. The molecule has 17 nitrogen and oxygen atoms in total. The topological polar surface area (TPSA) is 206 Å². The Bertz CT molecular complexity index is 3330. The van der Waals surface area contributed by atoms with Gasteiger partial charge in [-0.05, 0) is 129 Å². The van der Waals surface area contributed by atoms with Crippen molar-refractivity contribution in [3.05, 3.63) is 134 Å². The van der Waals surface area contributed by atoms with Crippen LogP contribution in [0.5, 0.6) is 23.3 Å². The highest BCUT2D eigenvalue weighted by Gasteiger charge is 2.56. The number of hydrogen-bond donors (Lipinski definition) is 3. The van der Waals surface area contributed by atoms with E-state index in [-0.39, 0.29) is 75.9 Å². The SMILES string of the molecule is COc1nc2[nH]cc(F)c2cc1Oc1cc(N2C3CCC2CC2(C3)CC(N3CCN(Cc4ccc(Cl)cc4)C[C@H]3c3ccccc3C(C)C)C2)ccc1C(=O)NS(=O)(=O)c1cnc(OCC2CCC(C)(O)CC2)c([N+](=O)[O-])c1. The number of ether oxygens (including phenoxy) is 3. The molecule has 3 atom stereocenters. The summed E-state index contributed by atoms with van der Waals surface area (Å²) in [5.74, 6) is -1.70. The number of rotatable bonds is 16. The molecule has 6 aromatic rings. The molecular formula is C58H66ClFN8O9S. The number of nitrogens with one attached hydrogen (secondary N) is 2. The number of anilines is 1. The number of aromatic amines is 1. The molecule has 5 aliphatic rings. The molecule has 11 rings (SSSR count). The van der Waals surface area contributed by atoms with Crippen molar-refractivity contribution in [2.24, 2.45) is 11.3 Å². The Kier molecular flexibility index (Phi) is 14.7. The van der Waals surface area contributed by atoms with Gasteiger partial charge in [-0.1, -0.05) is 61.8 Å². The molecule has 2 unspecified atom stereocenters. The fourth-order valence-electron chi connectivity index (χ4n) is 13.2. The van der Waals surface area contributed by atoms with Gasteiger partial charge in [0, 0.05) is 85.5 Å². The number of fused-ring (bicyclic) bond motifs is 3. The number of piperidine rings is 1. The Morgan fingerprint density at radius 2 is 1.68 bits per heavy atom. The average Bonchev–Trinajstić information content (AvgIpc) is 4.11. The van der Waals surface area contributed by atoms with E-state index in [2.05, 4.69) is 84.6 Å². The van der Waals surface area contributed by atoms with Crippen LogP contribution >= 0.6 is 11.6 Å². The number of pyridine rings is 2. The third-order valence-corrected chi connectivity index (χ3v) is 18.8. The summed E-state index contributed by atoms with van der Waals surface area (Å²) >= 11 is 6.25. The molecule has 412 valence electrons. The van der Waals surface area contributed by atoms with Crippen LogP contribution in [0.15, 0.2) is 96.2 Å². The Morgan fingerprint density at radius 1 is 0.962 bits per heavy atom. The molecule has 0 radical (unpaired) electrons. The zero-order chi connectivity index (χ0) is 54.7. The van der Waals surface area contributed by atoms with Crippen molar-refractivity contribution in [1.82, 2.24) is 29.5 Å². The third kappa shape index (κ3) is 10.9. The van der Waals surface area contributed by atoms with Crippen LogP contribution in [-0.4, -0.2) is 106 Å². The first-order valence-corrected chi connectivity index (χ1v) is 28.9. The van der Waals surface area contributed by atoms with Crippen LogP contribution < -0.4 is 23.8 Å². The molecule has 2 saturated carbocycles. The van der Waals surface area contributed by atoms with E-state index in [1.54, 1.807) is 19.1 Å². The Balaban J connectivity index is 0.833. The number of carbonyl (C=O) groups excluding carboxylic acids is 1. The zero-order valence-electron chi connectivity index (χ0n) is 44.3. The molecule has 2 aliphatic carbocycles. The quantitative estimate of drug-likeness (QED) is 0.0609. The Hall–Kier alpha value is -6.38. The molecule has 6 heterocycles. The summed E-state index contributed by atoms with van der Waals surface area (Å²) in [5, 5.41) is 23.4. The number of nitrogens with zero attached hydrogens (tertiary/aromatic N) is 6. The summed E-state index contributed by atoms with van der Waals surface area (Å²) < 4.78 is 62.7. The number of halogens is 2. The van der Waals surface area contributed by atoms with Crippen LogP contribution in [0.3, 0.4) is 0 Å². The number of piperazine rings is 1. The first-order chi connectivity index (χ1) is 37.3. The van der Waals surface area contributed by atoms with Crippen molar-refractivity contribution < 1.29 is 41.8 Å². The molecule has 3 saturated heterocycles. The maximum Gasteiger partial charge on any atom is 0.332 e. The van der Waals surface area contributed by atoms with Gasteiger partial charge in [0.25, 0.3) is 27.7 Å². The lowest BCUT2D eigenvalue weighted by Crippen LogP contribution is -2.61. The highest BCUT2D eigenvalue weighted by atomic mass is 35.5. The number of aromatic nitrogens is 3. The van der Waals surface area contributed by atoms with Gasteiger partial charge in [-0.2, -0.15) is 4.98 Å². The minimum Gasteiger partial charge on any atom is -0.478 e. The van der Waals surface area contributed by atoms with Crippen LogP contribution in [0, 0.1) is 27.3 Å². The number of sulfonamides is 1. The van der Waals surface area contributed by atoms with Gasteiger partial charge >= 0.3 is 5.69 Å². The fourth-order valence-corrected chi connectivity index (χ4v) is 14.3. The average molecular weight is 1110 g/mol. The number of amides is 1. The number of H-pyrrole nitrogens is 1. The van der Waals surface area contributed by atoms with Crippen molar-refractivity contribution in [3.8, 4) is 23.3 Å². The Labute approximate surface area is 458 Å². The number of methoxy groups -OCH3 is 1. The molecule has 3 N–H and O–H groups in total. The second kappa shape index (κ2) is 21.3. The second-order valence-electron chi connectivity index (χ2n) is 22.9. The van der Waals surface area contributed by atoms with Crippen molar-refractivity contribution in [2.75, 3.05) is 38.3 Å². The minimum atomic E-state index is -4.78. The van der Waals surface area contributed by atoms with Crippen LogP contribution in [0.25, 0.3) is 11.0 Å². The Morgan fingerprint density at radius 3 is 2.38 bits per heavy atom. The number of benzene rings is 3. The van der Waals surface area contributed by atoms with Gasteiger partial charge in [0.15, 0.2) is 5.75 Å². The van der Waals surface area contributed by atoms with Gasteiger partial charge < -0.3 is 29.2 Å². The molecule has 78 heavy (non-hydrogen) atoms. The van der Waals surface area contributed by atoms with Gasteiger partial charge in [0.05, 0.1) is 41.4 Å². The second-order valence-corrected chi connectivity index (χ2v) is 25.0. The molecule has 3 aromatic carbocycles. The van der Waals surface area contributed by atoms with Gasteiger partial charge in [-0.3, -0.25) is 24.7 Å². The first-order valence-electron chi connectivity index (χ1n) is 27.0. The normalized spacial score (nSPS) is 25.5. The fraction of sp³-hybridized carbons (Fsp3) is 0.466. The van der Waals surface area contributed by atoms with Crippen LogP contribution in [0.4, 0.5) is 15.8 Å². The monoisotopic (exact) mass is 1100 g/mol. The van der Waals surface area contributed by atoms with Gasteiger partial charge in [0.1, 0.15) is 22.1 Å². The van der Waals surface area contributed by atoms with Gasteiger partial charge in [0.2, 0.25) is 0 Å². The molecule has 2 bridgehead atoms. The molecule has 3 aromatic heterocycles. The zero-order valence-corrected chi connectivity index (χ0v) is 45.9. The highest BCUT2D eigenvalue weighted by Crippen LogP contribution is 2.59. The van der Waals surface area contributed by atoms with Gasteiger partial charge in [-0.15, -0.1) is 0 Å². The third-order valence-electron chi connectivity index (χ3n) is 17.2. The van der Waals surface area contributed by atoms with E-state index in [0.717, 1.165) is 93.9 Å². The number of aliphatic hydroxyl groups is 1. The molecular weight excluding hydrogens is 1040 g/mol. The van der Waals surface area contributed by atoms with Crippen LogP contribution in [-0.2, 0) is 16.6 Å².